The average molecular weight is 351 g/mol. The topological polar surface area (TPSA) is 35.6 Å². The van der Waals surface area contributed by atoms with Gasteiger partial charge in [0.1, 0.15) is 10.5 Å². The van der Waals surface area contributed by atoms with Gasteiger partial charge in [-0.15, -0.1) is 0 Å². The summed E-state index contributed by atoms with van der Waals surface area (Å²) in [5.41, 5.74) is 1.85. The van der Waals surface area contributed by atoms with Crippen LogP contribution >= 0.6 is 12.2 Å². The second kappa shape index (κ2) is 6.58. The van der Waals surface area contributed by atoms with E-state index in [9.17, 15) is 4.79 Å². The first-order valence-corrected chi connectivity index (χ1v) is 9.07. The molecular formula is C20H21N3OS. The number of anilines is 1. The van der Waals surface area contributed by atoms with Crippen molar-refractivity contribution in [2.75, 3.05) is 18.0 Å². The van der Waals surface area contributed by atoms with Gasteiger partial charge in [0.15, 0.2) is 0 Å². The number of nitrogens with one attached hydrogen (secondary N) is 1. The fourth-order valence-electron chi connectivity index (χ4n) is 3.88. The number of hydrogen-bond donors (Lipinski definition) is 1. The molecule has 0 radical (unpaired) electrons. The van der Waals surface area contributed by atoms with Gasteiger partial charge in [-0.1, -0.05) is 60.7 Å². The van der Waals surface area contributed by atoms with Gasteiger partial charge in [-0.2, -0.15) is 0 Å². The zero-order chi connectivity index (χ0) is 17.3. The number of benzene rings is 2. The van der Waals surface area contributed by atoms with E-state index in [1.807, 2.05) is 41.3 Å². The minimum Gasteiger partial charge on any atom is -0.300 e. The molecule has 2 aromatic carbocycles. The van der Waals surface area contributed by atoms with Crippen molar-refractivity contribution in [3.05, 3.63) is 66.2 Å². The summed E-state index contributed by atoms with van der Waals surface area (Å²) in [6, 6.07) is 20.2. The van der Waals surface area contributed by atoms with E-state index in [0.29, 0.717) is 4.99 Å². The van der Waals surface area contributed by atoms with E-state index in [0.717, 1.165) is 38.2 Å². The smallest absolute Gasteiger partial charge is 0.300 e. The highest BCUT2D eigenvalue weighted by Crippen LogP contribution is 2.37. The number of amides is 2. The fourth-order valence-corrected chi connectivity index (χ4v) is 4.26. The standard InChI is InChI=1S/C20H21N3OS/c24-19-21-18(25)20(23(19)17-9-5-2-6-10-17)11-13-22(14-12-20)15-16-7-3-1-4-8-16/h1-10H,11-15H2,(H,21,24,25). The Morgan fingerprint density at radius 2 is 1.56 bits per heavy atom. The maximum Gasteiger partial charge on any atom is 0.327 e. The maximum absolute atomic E-state index is 12.5. The molecule has 0 saturated carbocycles. The van der Waals surface area contributed by atoms with Crippen molar-refractivity contribution in [2.45, 2.75) is 24.9 Å². The van der Waals surface area contributed by atoms with E-state index in [1.165, 1.54) is 5.56 Å². The van der Waals surface area contributed by atoms with Gasteiger partial charge in [-0.3, -0.25) is 15.1 Å². The van der Waals surface area contributed by atoms with Crippen LogP contribution in [0.25, 0.3) is 0 Å². The van der Waals surface area contributed by atoms with Crippen molar-refractivity contribution in [1.29, 1.82) is 0 Å². The molecule has 0 unspecified atom stereocenters. The monoisotopic (exact) mass is 351 g/mol. The van der Waals surface area contributed by atoms with Crippen molar-refractivity contribution in [2.24, 2.45) is 0 Å². The van der Waals surface area contributed by atoms with Gasteiger partial charge in [-0.25, -0.2) is 4.79 Å². The summed E-state index contributed by atoms with van der Waals surface area (Å²) in [6.07, 6.45) is 1.71. The van der Waals surface area contributed by atoms with Gasteiger partial charge in [0.25, 0.3) is 0 Å². The molecule has 2 heterocycles. The van der Waals surface area contributed by atoms with Gasteiger partial charge >= 0.3 is 6.03 Å². The van der Waals surface area contributed by atoms with Crippen molar-refractivity contribution in [1.82, 2.24) is 10.2 Å². The molecule has 2 amide bonds. The van der Waals surface area contributed by atoms with Crippen LogP contribution in [-0.4, -0.2) is 34.5 Å². The average Bonchev–Trinajstić information content (AvgIpc) is 2.88. The predicted molar refractivity (Wildman–Crippen MR) is 104 cm³/mol. The summed E-state index contributed by atoms with van der Waals surface area (Å²) in [6.45, 7) is 2.79. The highest BCUT2D eigenvalue weighted by atomic mass is 32.1. The Hall–Kier alpha value is -2.24. The number of carbonyl (C=O) groups is 1. The molecule has 4 nitrogen and oxygen atoms in total. The van der Waals surface area contributed by atoms with Crippen LogP contribution in [0.3, 0.4) is 0 Å². The Kier molecular flexibility index (Phi) is 4.27. The van der Waals surface area contributed by atoms with Crippen LogP contribution in [-0.2, 0) is 6.54 Å². The fraction of sp³-hybridized carbons (Fsp3) is 0.300. The second-order valence-corrected chi connectivity index (χ2v) is 7.13. The Balaban J connectivity index is 1.53. The van der Waals surface area contributed by atoms with Crippen molar-refractivity contribution in [3.8, 4) is 0 Å². The number of hydrogen-bond acceptors (Lipinski definition) is 3. The summed E-state index contributed by atoms with van der Waals surface area (Å²) in [4.78, 5) is 17.5. The van der Waals surface area contributed by atoms with E-state index >= 15 is 0 Å². The number of nitrogens with zero attached hydrogens (tertiary/aromatic N) is 2. The summed E-state index contributed by atoms with van der Waals surface area (Å²) in [5, 5.41) is 2.89. The Bertz CT molecular complexity index is 770. The first kappa shape index (κ1) is 16.2. The lowest BCUT2D eigenvalue weighted by Crippen LogP contribution is -2.56. The largest absolute Gasteiger partial charge is 0.327 e. The van der Waals surface area contributed by atoms with Gasteiger partial charge in [0, 0.05) is 25.3 Å². The maximum atomic E-state index is 12.5. The number of urea groups is 1. The number of thiocarbonyl (C=S) groups is 1. The molecule has 1 N–H and O–H groups in total. The van der Waals surface area contributed by atoms with E-state index in [1.54, 1.807) is 0 Å². The Morgan fingerprint density at radius 1 is 0.960 bits per heavy atom. The highest BCUT2D eigenvalue weighted by Gasteiger charge is 2.51. The number of carbonyl (C=O) groups excluding carboxylic acids is 1. The molecule has 0 aliphatic carbocycles. The number of para-hydroxylation sites is 1. The molecule has 1 spiro atoms. The van der Waals surface area contributed by atoms with Crippen LogP contribution in [0.1, 0.15) is 18.4 Å². The Morgan fingerprint density at radius 3 is 2.20 bits per heavy atom. The SMILES string of the molecule is O=C1NC(=S)C2(CCN(Cc3ccccc3)CC2)N1c1ccccc1. The third-order valence-electron chi connectivity index (χ3n) is 5.22. The molecule has 2 aromatic rings. The molecule has 0 bridgehead atoms. The minimum atomic E-state index is -0.388. The molecule has 2 aliphatic heterocycles. The molecule has 5 heteroatoms. The van der Waals surface area contributed by atoms with E-state index in [2.05, 4.69) is 34.5 Å². The van der Waals surface area contributed by atoms with Crippen molar-refractivity contribution in [3.63, 3.8) is 0 Å². The molecule has 0 aromatic heterocycles. The molecular weight excluding hydrogens is 330 g/mol. The first-order valence-electron chi connectivity index (χ1n) is 8.66. The first-order chi connectivity index (χ1) is 12.2. The van der Waals surface area contributed by atoms with Gasteiger partial charge in [0.2, 0.25) is 0 Å². The molecule has 128 valence electrons. The van der Waals surface area contributed by atoms with Crippen LogP contribution in [0, 0.1) is 0 Å². The third-order valence-corrected chi connectivity index (χ3v) is 5.70. The number of rotatable bonds is 3. The van der Waals surface area contributed by atoms with Crippen LogP contribution in [0.2, 0.25) is 0 Å². The number of likely N-dealkylation sites (tertiary alicyclic amines) is 1. The van der Waals surface area contributed by atoms with Crippen molar-refractivity contribution < 1.29 is 4.79 Å². The van der Waals surface area contributed by atoms with Gasteiger partial charge in [0.05, 0.1) is 0 Å². The molecule has 4 rings (SSSR count). The molecule has 2 aliphatic rings. The highest BCUT2D eigenvalue weighted by molar-refractivity contribution is 7.80. The summed E-state index contributed by atoms with van der Waals surface area (Å²) >= 11 is 5.58. The lowest BCUT2D eigenvalue weighted by atomic mass is 9.86. The van der Waals surface area contributed by atoms with Gasteiger partial charge < -0.3 is 0 Å². The summed E-state index contributed by atoms with van der Waals surface area (Å²) < 4.78 is 0. The van der Waals surface area contributed by atoms with Crippen LogP contribution < -0.4 is 10.2 Å². The third kappa shape index (κ3) is 2.94. The normalized spacial score (nSPS) is 20.1. The quantitative estimate of drug-likeness (QED) is 0.859. The van der Waals surface area contributed by atoms with E-state index < -0.39 is 0 Å². The van der Waals surface area contributed by atoms with Gasteiger partial charge in [-0.05, 0) is 30.5 Å². The zero-order valence-corrected chi connectivity index (χ0v) is 14.8. The zero-order valence-electron chi connectivity index (χ0n) is 14.0. The summed E-state index contributed by atoms with van der Waals surface area (Å²) in [7, 11) is 0. The molecule has 0 atom stereocenters. The molecule has 2 fully saturated rings. The second-order valence-electron chi connectivity index (χ2n) is 6.72. The summed E-state index contributed by atoms with van der Waals surface area (Å²) in [5.74, 6) is 0. The van der Waals surface area contributed by atoms with Crippen LogP contribution in [0.15, 0.2) is 60.7 Å². The predicted octanol–water partition coefficient (Wildman–Crippen LogP) is 3.58. The van der Waals surface area contributed by atoms with Crippen LogP contribution in [0.5, 0.6) is 0 Å². The van der Waals surface area contributed by atoms with E-state index in [4.69, 9.17) is 12.2 Å². The van der Waals surface area contributed by atoms with Crippen LogP contribution in [0.4, 0.5) is 10.5 Å². The molecule has 25 heavy (non-hydrogen) atoms. The lowest BCUT2D eigenvalue weighted by molar-refractivity contribution is 0.185. The molecule has 2 saturated heterocycles. The minimum absolute atomic E-state index is 0.104. The van der Waals surface area contributed by atoms with Crippen molar-refractivity contribution >= 4 is 28.9 Å². The van der Waals surface area contributed by atoms with E-state index in [-0.39, 0.29) is 11.6 Å². The Labute approximate surface area is 153 Å². The number of piperidine rings is 1. The lowest BCUT2D eigenvalue weighted by Gasteiger charge is -2.43.